The molecule has 1 amide bonds. The summed E-state index contributed by atoms with van der Waals surface area (Å²) in [5, 5.41) is 19.7. The van der Waals surface area contributed by atoms with Gasteiger partial charge in [0.25, 0.3) is 5.91 Å². The fourth-order valence-corrected chi connectivity index (χ4v) is 1.46. The predicted octanol–water partition coefficient (Wildman–Crippen LogP) is -0.490. The largest absolute Gasteiger partial charge is 0.480 e. The van der Waals surface area contributed by atoms with Crippen molar-refractivity contribution in [1.82, 2.24) is 14.7 Å². The number of aliphatic hydroxyl groups is 1. The van der Waals surface area contributed by atoms with E-state index in [1.54, 1.807) is 28.8 Å². The monoisotopic (exact) mass is 249 g/mol. The Kier molecular flexibility index (Phi) is 3.24. The quantitative estimate of drug-likeness (QED) is 0.678. The Morgan fingerprint density at radius 1 is 1.44 bits per heavy atom. The van der Waals surface area contributed by atoms with Crippen LogP contribution in [0.1, 0.15) is 10.5 Å². The number of carboxylic acids is 1. The molecule has 0 unspecified atom stereocenters. The van der Waals surface area contributed by atoms with Gasteiger partial charge in [-0.1, -0.05) is 6.07 Å². The second kappa shape index (κ2) is 4.84. The van der Waals surface area contributed by atoms with Gasteiger partial charge in [-0.2, -0.15) is 0 Å². The number of carboxylic acid groups (broad SMARTS) is 1. The number of carbonyl (C=O) groups excluding carboxylic acids is 1. The number of imidazole rings is 1. The lowest BCUT2D eigenvalue weighted by Gasteiger charge is -2.09. The molecule has 7 heteroatoms. The Hall–Kier alpha value is -2.41. The third-order valence-corrected chi connectivity index (χ3v) is 2.38. The van der Waals surface area contributed by atoms with E-state index in [0.717, 1.165) is 0 Å². The maximum atomic E-state index is 11.7. The number of hydrogen-bond donors (Lipinski definition) is 3. The lowest BCUT2D eigenvalue weighted by molar-refractivity contribution is -0.140. The summed E-state index contributed by atoms with van der Waals surface area (Å²) in [5.41, 5.74) is 0.680. The standard InChI is InChI=1S/C11H11N3O4/c15-6-8(11(17)18)13-10(16)7-5-14-4-2-1-3-9(14)12-7/h1-5,8,15H,6H2,(H,13,16)(H,17,18)/t8-/m0/s1. The molecule has 94 valence electrons. The number of fused-ring (bicyclic) bond motifs is 1. The van der Waals surface area contributed by atoms with Crippen LogP contribution in [0.2, 0.25) is 0 Å². The van der Waals surface area contributed by atoms with Crippen molar-refractivity contribution in [2.24, 2.45) is 0 Å². The Labute approximate surface area is 102 Å². The number of amides is 1. The van der Waals surface area contributed by atoms with Gasteiger partial charge in [-0.05, 0) is 12.1 Å². The Morgan fingerprint density at radius 3 is 2.83 bits per heavy atom. The van der Waals surface area contributed by atoms with Crippen LogP contribution in [0.5, 0.6) is 0 Å². The van der Waals surface area contributed by atoms with Crippen LogP contribution in [-0.2, 0) is 4.79 Å². The van der Waals surface area contributed by atoms with Crippen LogP contribution in [0, 0.1) is 0 Å². The van der Waals surface area contributed by atoms with Gasteiger partial charge in [0.05, 0.1) is 6.61 Å². The molecule has 2 rings (SSSR count). The molecule has 0 aliphatic carbocycles. The number of aromatic nitrogens is 2. The van der Waals surface area contributed by atoms with Gasteiger partial charge >= 0.3 is 5.97 Å². The summed E-state index contributed by atoms with van der Waals surface area (Å²) in [6, 6.07) is 3.95. The third-order valence-electron chi connectivity index (χ3n) is 2.38. The molecule has 7 nitrogen and oxygen atoms in total. The van der Waals surface area contributed by atoms with Gasteiger partial charge < -0.3 is 19.9 Å². The van der Waals surface area contributed by atoms with Crippen molar-refractivity contribution in [3.05, 3.63) is 36.3 Å². The van der Waals surface area contributed by atoms with E-state index in [4.69, 9.17) is 10.2 Å². The molecule has 0 radical (unpaired) electrons. The van der Waals surface area contributed by atoms with Gasteiger partial charge in [0.15, 0.2) is 6.04 Å². The van der Waals surface area contributed by atoms with Gasteiger partial charge in [-0.3, -0.25) is 4.79 Å². The highest BCUT2D eigenvalue weighted by Crippen LogP contribution is 2.04. The lowest BCUT2D eigenvalue weighted by atomic mass is 10.3. The summed E-state index contributed by atoms with van der Waals surface area (Å²) in [6.07, 6.45) is 3.21. The molecule has 0 aliphatic heterocycles. The van der Waals surface area contributed by atoms with Crippen molar-refractivity contribution in [1.29, 1.82) is 0 Å². The first kappa shape index (κ1) is 12.1. The first-order chi connectivity index (χ1) is 8.61. The molecule has 2 aromatic heterocycles. The average molecular weight is 249 g/mol. The minimum absolute atomic E-state index is 0.0981. The summed E-state index contributed by atoms with van der Waals surface area (Å²) in [5.74, 6) is -1.94. The fourth-order valence-electron chi connectivity index (χ4n) is 1.46. The van der Waals surface area contributed by atoms with E-state index >= 15 is 0 Å². The number of carbonyl (C=O) groups is 2. The molecule has 3 N–H and O–H groups in total. The highest BCUT2D eigenvalue weighted by Gasteiger charge is 2.20. The molecule has 0 bridgehead atoms. The number of rotatable bonds is 4. The second-order valence-electron chi connectivity index (χ2n) is 3.64. The van der Waals surface area contributed by atoms with E-state index in [-0.39, 0.29) is 5.69 Å². The molecule has 0 fully saturated rings. The number of nitrogens with one attached hydrogen (secondary N) is 1. The van der Waals surface area contributed by atoms with Crippen LogP contribution in [-0.4, -0.2) is 44.1 Å². The van der Waals surface area contributed by atoms with Crippen molar-refractivity contribution in [2.75, 3.05) is 6.61 Å². The lowest BCUT2D eigenvalue weighted by Crippen LogP contribution is -2.43. The van der Waals surface area contributed by atoms with Crippen molar-refractivity contribution in [2.45, 2.75) is 6.04 Å². The van der Waals surface area contributed by atoms with Crippen LogP contribution in [0.4, 0.5) is 0 Å². The Bertz CT molecular complexity index is 560. The zero-order valence-corrected chi connectivity index (χ0v) is 9.28. The fraction of sp³-hybridized carbons (Fsp3) is 0.182. The van der Waals surface area contributed by atoms with E-state index < -0.39 is 24.5 Å². The zero-order valence-electron chi connectivity index (χ0n) is 9.28. The van der Waals surface area contributed by atoms with E-state index in [1.807, 2.05) is 0 Å². The molecule has 2 heterocycles. The predicted molar refractivity (Wildman–Crippen MR) is 61.2 cm³/mol. The van der Waals surface area contributed by atoms with E-state index in [1.165, 1.54) is 6.20 Å². The molecule has 0 saturated heterocycles. The van der Waals surface area contributed by atoms with Gasteiger partial charge in [-0.25, -0.2) is 9.78 Å². The highest BCUT2D eigenvalue weighted by molar-refractivity contribution is 5.95. The molecule has 2 aromatic rings. The Morgan fingerprint density at radius 2 is 2.22 bits per heavy atom. The zero-order chi connectivity index (χ0) is 13.1. The van der Waals surface area contributed by atoms with E-state index in [9.17, 15) is 9.59 Å². The van der Waals surface area contributed by atoms with Crippen molar-refractivity contribution >= 4 is 17.5 Å². The van der Waals surface area contributed by atoms with Gasteiger partial charge in [-0.15, -0.1) is 0 Å². The maximum Gasteiger partial charge on any atom is 0.328 e. The van der Waals surface area contributed by atoms with Crippen LogP contribution >= 0.6 is 0 Å². The normalized spacial score (nSPS) is 12.3. The molecule has 0 saturated carbocycles. The van der Waals surface area contributed by atoms with Crippen LogP contribution in [0.25, 0.3) is 5.65 Å². The van der Waals surface area contributed by atoms with Crippen molar-refractivity contribution in [3.63, 3.8) is 0 Å². The SMILES string of the molecule is O=C(N[C@@H](CO)C(=O)O)c1cn2ccccc2n1. The minimum Gasteiger partial charge on any atom is -0.480 e. The smallest absolute Gasteiger partial charge is 0.328 e. The number of aliphatic carboxylic acids is 1. The summed E-state index contributed by atoms with van der Waals surface area (Å²) >= 11 is 0. The summed E-state index contributed by atoms with van der Waals surface area (Å²) in [4.78, 5) is 26.4. The summed E-state index contributed by atoms with van der Waals surface area (Å²) in [6.45, 7) is -0.672. The number of aliphatic hydroxyl groups excluding tert-OH is 1. The molecule has 18 heavy (non-hydrogen) atoms. The number of pyridine rings is 1. The topological polar surface area (TPSA) is 104 Å². The second-order valence-corrected chi connectivity index (χ2v) is 3.64. The van der Waals surface area contributed by atoms with E-state index in [0.29, 0.717) is 5.65 Å². The van der Waals surface area contributed by atoms with Crippen molar-refractivity contribution < 1.29 is 19.8 Å². The number of nitrogens with zero attached hydrogens (tertiary/aromatic N) is 2. The first-order valence-electron chi connectivity index (χ1n) is 5.20. The van der Waals surface area contributed by atoms with Crippen LogP contribution in [0.3, 0.4) is 0 Å². The minimum atomic E-state index is -1.33. The van der Waals surface area contributed by atoms with Crippen molar-refractivity contribution in [3.8, 4) is 0 Å². The summed E-state index contributed by atoms with van der Waals surface area (Å²) in [7, 11) is 0. The molecule has 1 atom stereocenters. The number of hydrogen-bond acceptors (Lipinski definition) is 4. The third kappa shape index (κ3) is 2.30. The van der Waals surface area contributed by atoms with Crippen LogP contribution in [0.15, 0.2) is 30.6 Å². The Balaban J connectivity index is 2.20. The van der Waals surface area contributed by atoms with Gasteiger partial charge in [0.2, 0.25) is 0 Å². The first-order valence-corrected chi connectivity index (χ1v) is 5.20. The average Bonchev–Trinajstić information content (AvgIpc) is 2.79. The van der Waals surface area contributed by atoms with E-state index in [2.05, 4.69) is 10.3 Å². The summed E-state index contributed by atoms with van der Waals surface area (Å²) < 4.78 is 1.64. The van der Waals surface area contributed by atoms with Crippen LogP contribution < -0.4 is 5.32 Å². The maximum absolute atomic E-state index is 11.7. The highest BCUT2D eigenvalue weighted by atomic mass is 16.4. The molecule has 0 aliphatic rings. The molecule has 0 aromatic carbocycles. The molecular formula is C11H11N3O4. The molecular weight excluding hydrogens is 238 g/mol. The molecule has 0 spiro atoms. The van der Waals surface area contributed by atoms with Gasteiger partial charge in [0.1, 0.15) is 11.3 Å². The van der Waals surface area contributed by atoms with Gasteiger partial charge in [0, 0.05) is 12.4 Å².